The molecule has 0 saturated carbocycles. The molecule has 2 N–H and O–H groups in total. The fourth-order valence-electron chi connectivity index (χ4n) is 1.19. The van der Waals surface area contributed by atoms with Crippen molar-refractivity contribution in [2.75, 3.05) is 13.7 Å². The van der Waals surface area contributed by atoms with E-state index in [-0.39, 0.29) is 0 Å². The van der Waals surface area contributed by atoms with Crippen LogP contribution in [0, 0.1) is 3.57 Å². The van der Waals surface area contributed by atoms with Gasteiger partial charge in [0.1, 0.15) is 0 Å². The van der Waals surface area contributed by atoms with E-state index in [0.717, 1.165) is 3.57 Å². The second-order valence-electron chi connectivity index (χ2n) is 3.24. The van der Waals surface area contributed by atoms with Gasteiger partial charge in [0.05, 0.1) is 13.7 Å². The van der Waals surface area contributed by atoms with Crippen LogP contribution in [0.5, 0.6) is 0 Å². The van der Waals surface area contributed by atoms with Gasteiger partial charge in [0, 0.05) is 9.13 Å². The molecule has 92 valence electrons. The van der Waals surface area contributed by atoms with Crippen molar-refractivity contribution in [3.63, 3.8) is 0 Å². The fraction of sp³-hybridized carbons (Fsp3) is 0.273. The van der Waals surface area contributed by atoms with Gasteiger partial charge < -0.3 is 15.2 Å². The molecule has 0 bridgehead atoms. The standard InChI is InChI=1S/C11H12INO4/c1-17-11(16)9(6-14)13-10(15)7-3-2-4-8(12)5-7/h2-5,9,14H,6H2,1H3,(H,13,15). The van der Waals surface area contributed by atoms with Crippen LogP contribution in [0.3, 0.4) is 0 Å². The third-order valence-corrected chi connectivity index (χ3v) is 2.73. The number of aliphatic hydroxyl groups excluding tert-OH is 1. The highest BCUT2D eigenvalue weighted by Crippen LogP contribution is 2.07. The molecule has 1 rings (SSSR count). The van der Waals surface area contributed by atoms with Crippen molar-refractivity contribution in [1.82, 2.24) is 5.32 Å². The Labute approximate surface area is 112 Å². The van der Waals surface area contributed by atoms with Gasteiger partial charge in [-0.05, 0) is 40.8 Å². The number of amides is 1. The highest BCUT2D eigenvalue weighted by atomic mass is 127. The molecule has 1 amide bonds. The Morgan fingerprint density at radius 3 is 2.76 bits per heavy atom. The first-order valence-electron chi connectivity index (χ1n) is 4.83. The van der Waals surface area contributed by atoms with Crippen LogP contribution >= 0.6 is 22.6 Å². The summed E-state index contributed by atoms with van der Waals surface area (Å²) in [6.07, 6.45) is 0. The molecule has 0 aliphatic heterocycles. The van der Waals surface area contributed by atoms with Crippen molar-refractivity contribution < 1.29 is 19.4 Å². The first-order chi connectivity index (χ1) is 8.08. The summed E-state index contributed by atoms with van der Waals surface area (Å²) in [4.78, 5) is 22.9. The van der Waals surface area contributed by atoms with Gasteiger partial charge in [0.25, 0.3) is 5.91 Å². The lowest BCUT2D eigenvalue weighted by atomic mass is 10.2. The van der Waals surface area contributed by atoms with Crippen molar-refractivity contribution in [3.8, 4) is 0 Å². The predicted octanol–water partition coefficient (Wildman–Crippen LogP) is 0.555. The van der Waals surface area contributed by atoms with E-state index in [1.54, 1.807) is 18.2 Å². The van der Waals surface area contributed by atoms with E-state index in [1.807, 2.05) is 6.07 Å². The van der Waals surface area contributed by atoms with Gasteiger partial charge >= 0.3 is 5.97 Å². The summed E-state index contributed by atoms with van der Waals surface area (Å²) in [6.45, 7) is -0.498. The highest BCUT2D eigenvalue weighted by Gasteiger charge is 2.20. The van der Waals surface area contributed by atoms with Gasteiger partial charge in [-0.25, -0.2) is 4.79 Å². The van der Waals surface area contributed by atoms with E-state index in [9.17, 15) is 9.59 Å². The molecule has 0 saturated heterocycles. The number of halogens is 1. The zero-order valence-electron chi connectivity index (χ0n) is 9.14. The SMILES string of the molecule is COC(=O)C(CO)NC(=O)c1cccc(I)c1. The van der Waals surface area contributed by atoms with E-state index < -0.39 is 24.5 Å². The largest absolute Gasteiger partial charge is 0.467 e. The van der Waals surface area contributed by atoms with E-state index >= 15 is 0 Å². The Morgan fingerprint density at radius 1 is 1.53 bits per heavy atom. The Kier molecular flexibility index (Phi) is 5.36. The number of esters is 1. The average Bonchev–Trinajstić information content (AvgIpc) is 2.34. The molecule has 5 nitrogen and oxygen atoms in total. The second-order valence-corrected chi connectivity index (χ2v) is 4.49. The summed E-state index contributed by atoms with van der Waals surface area (Å²) in [5, 5.41) is 11.4. The predicted molar refractivity (Wildman–Crippen MR) is 69.5 cm³/mol. The topological polar surface area (TPSA) is 75.6 Å². The van der Waals surface area contributed by atoms with Crippen molar-refractivity contribution in [3.05, 3.63) is 33.4 Å². The first kappa shape index (κ1) is 13.9. The Morgan fingerprint density at radius 2 is 2.24 bits per heavy atom. The smallest absolute Gasteiger partial charge is 0.330 e. The fourth-order valence-corrected chi connectivity index (χ4v) is 1.74. The number of methoxy groups -OCH3 is 1. The molecule has 1 atom stereocenters. The molecule has 0 aliphatic carbocycles. The molecule has 0 aliphatic rings. The zero-order valence-corrected chi connectivity index (χ0v) is 11.3. The minimum atomic E-state index is -1.04. The van der Waals surface area contributed by atoms with Crippen LogP contribution in [0.1, 0.15) is 10.4 Å². The van der Waals surface area contributed by atoms with Gasteiger partial charge in [0.2, 0.25) is 0 Å². The second kappa shape index (κ2) is 6.55. The number of ether oxygens (including phenoxy) is 1. The molecule has 0 aromatic heterocycles. The van der Waals surface area contributed by atoms with Crippen LogP contribution in [-0.4, -0.2) is 36.7 Å². The number of carbonyl (C=O) groups excluding carboxylic acids is 2. The Hall–Kier alpha value is -1.15. The van der Waals surface area contributed by atoms with E-state index in [4.69, 9.17) is 5.11 Å². The number of carbonyl (C=O) groups is 2. The molecule has 0 heterocycles. The zero-order chi connectivity index (χ0) is 12.8. The lowest BCUT2D eigenvalue weighted by Crippen LogP contribution is -2.44. The molecular formula is C11H12INO4. The lowest BCUT2D eigenvalue weighted by molar-refractivity contribution is -0.143. The molecule has 0 spiro atoms. The maximum atomic E-state index is 11.8. The number of nitrogens with one attached hydrogen (secondary N) is 1. The van der Waals surface area contributed by atoms with E-state index in [1.165, 1.54) is 7.11 Å². The molecule has 6 heteroatoms. The van der Waals surface area contributed by atoms with Gasteiger partial charge in [-0.1, -0.05) is 6.07 Å². The maximum absolute atomic E-state index is 11.8. The Bertz CT molecular complexity index is 422. The number of rotatable bonds is 4. The van der Waals surface area contributed by atoms with E-state index in [2.05, 4.69) is 32.6 Å². The molecular weight excluding hydrogens is 337 g/mol. The van der Waals surface area contributed by atoms with Crippen molar-refractivity contribution in [2.45, 2.75) is 6.04 Å². The summed E-state index contributed by atoms with van der Waals surface area (Å²) in [5.74, 6) is -1.10. The minimum absolute atomic E-state index is 0.423. The molecule has 17 heavy (non-hydrogen) atoms. The normalized spacial score (nSPS) is 11.7. The average molecular weight is 349 g/mol. The first-order valence-corrected chi connectivity index (χ1v) is 5.91. The number of aliphatic hydroxyl groups is 1. The lowest BCUT2D eigenvalue weighted by Gasteiger charge is -2.13. The minimum Gasteiger partial charge on any atom is -0.467 e. The van der Waals surface area contributed by atoms with Crippen LogP contribution in [0.2, 0.25) is 0 Å². The van der Waals surface area contributed by atoms with Crippen molar-refractivity contribution in [2.24, 2.45) is 0 Å². The number of hydrogen-bond acceptors (Lipinski definition) is 4. The molecule has 1 unspecified atom stereocenters. The molecule has 1 aromatic rings. The maximum Gasteiger partial charge on any atom is 0.330 e. The monoisotopic (exact) mass is 349 g/mol. The van der Waals surface area contributed by atoms with Crippen molar-refractivity contribution in [1.29, 1.82) is 0 Å². The van der Waals surface area contributed by atoms with Gasteiger partial charge in [-0.2, -0.15) is 0 Å². The summed E-state index contributed by atoms with van der Waals surface area (Å²) < 4.78 is 5.36. The van der Waals surface area contributed by atoms with E-state index in [0.29, 0.717) is 5.56 Å². The summed E-state index contributed by atoms with van der Waals surface area (Å²) in [5.41, 5.74) is 0.430. The van der Waals surface area contributed by atoms with Gasteiger partial charge in [0.15, 0.2) is 6.04 Å². The Balaban J connectivity index is 2.74. The van der Waals surface area contributed by atoms with Crippen LogP contribution in [0.25, 0.3) is 0 Å². The molecule has 0 radical (unpaired) electrons. The quantitative estimate of drug-likeness (QED) is 0.615. The number of benzene rings is 1. The third-order valence-electron chi connectivity index (χ3n) is 2.06. The number of hydrogen-bond donors (Lipinski definition) is 2. The van der Waals surface area contributed by atoms with Crippen LogP contribution < -0.4 is 5.32 Å². The molecule has 1 aromatic carbocycles. The van der Waals surface area contributed by atoms with Gasteiger partial charge in [-0.3, -0.25) is 4.79 Å². The van der Waals surface area contributed by atoms with Crippen molar-refractivity contribution >= 4 is 34.5 Å². The summed E-state index contributed by atoms with van der Waals surface area (Å²) >= 11 is 2.08. The van der Waals surface area contributed by atoms with Crippen LogP contribution in [0.15, 0.2) is 24.3 Å². The summed E-state index contributed by atoms with van der Waals surface area (Å²) in [6, 6.07) is 5.86. The van der Waals surface area contributed by atoms with Crippen LogP contribution in [0.4, 0.5) is 0 Å². The highest BCUT2D eigenvalue weighted by molar-refractivity contribution is 14.1. The van der Waals surface area contributed by atoms with Gasteiger partial charge in [-0.15, -0.1) is 0 Å². The summed E-state index contributed by atoms with van der Waals surface area (Å²) in [7, 11) is 1.20. The van der Waals surface area contributed by atoms with Crippen LogP contribution in [-0.2, 0) is 9.53 Å². The molecule has 0 fully saturated rings. The third kappa shape index (κ3) is 3.97.